The Morgan fingerprint density at radius 3 is 2.63 bits per heavy atom. The normalized spacial score (nSPS) is 11.7. The van der Waals surface area contributed by atoms with Gasteiger partial charge in [0.1, 0.15) is 11.5 Å². The number of nitrogens with one attached hydrogen (secondary N) is 1. The maximum atomic E-state index is 5.94. The smallest absolute Gasteiger partial charge is 0.120 e. The molecule has 0 saturated carbocycles. The van der Waals surface area contributed by atoms with Crippen molar-refractivity contribution < 1.29 is 4.42 Å². The van der Waals surface area contributed by atoms with Gasteiger partial charge in [0, 0.05) is 6.04 Å². The molecule has 0 spiro atoms. The van der Waals surface area contributed by atoms with E-state index in [1.54, 1.807) is 0 Å². The number of hydrogen-bond acceptors (Lipinski definition) is 3. The molecule has 0 atom stereocenters. The van der Waals surface area contributed by atoms with E-state index in [0.717, 1.165) is 31.2 Å². The minimum absolute atomic E-state index is 0.565. The molecule has 0 unspecified atom stereocenters. The predicted octanol–water partition coefficient (Wildman–Crippen LogP) is 3.71. The minimum atomic E-state index is 0.565. The summed E-state index contributed by atoms with van der Waals surface area (Å²) in [7, 11) is 1.95. The van der Waals surface area contributed by atoms with Crippen molar-refractivity contribution in [2.45, 2.75) is 66.1 Å². The van der Waals surface area contributed by atoms with E-state index in [0.29, 0.717) is 6.04 Å². The topological polar surface area (TPSA) is 28.4 Å². The molecule has 0 aromatic carbocycles. The van der Waals surface area contributed by atoms with Crippen LogP contribution in [0.15, 0.2) is 10.5 Å². The number of nitrogens with zero attached hydrogens (tertiary/aromatic N) is 1. The van der Waals surface area contributed by atoms with Crippen LogP contribution in [0.3, 0.4) is 0 Å². The van der Waals surface area contributed by atoms with Crippen LogP contribution < -0.4 is 5.32 Å². The van der Waals surface area contributed by atoms with Crippen molar-refractivity contribution in [2.24, 2.45) is 0 Å². The molecule has 0 fully saturated rings. The second-order valence-electron chi connectivity index (χ2n) is 5.62. The quantitative estimate of drug-likeness (QED) is 0.691. The van der Waals surface area contributed by atoms with Crippen LogP contribution in [0.2, 0.25) is 0 Å². The molecule has 0 aliphatic rings. The first-order chi connectivity index (χ1) is 9.08. The molecule has 0 aliphatic carbocycles. The third-order valence-electron chi connectivity index (χ3n) is 3.55. The zero-order chi connectivity index (χ0) is 14.3. The molecule has 0 aliphatic heterocycles. The van der Waals surface area contributed by atoms with Gasteiger partial charge in [-0.25, -0.2) is 0 Å². The van der Waals surface area contributed by atoms with Gasteiger partial charge in [-0.15, -0.1) is 0 Å². The van der Waals surface area contributed by atoms with Crippen molar-refractivity contribution in [1.29, 1.82) is 0 Å². The SMILES string of the molecule is CCCCCN(Cc1cc(C)c(CNC)o1)C(C)C. The maximum Gasteiger partial charge on any atom is 0.120 e. The summed E-state index contributed by atoms with van der Waals surface area (Å²) in [5, 5.41) is 3.15. The molecule has 19 heavy (non-hydrogen) atoms. The van der Waals surface area contributed by atoms with Crippen molar-refractivity contribution in [2.75, 3.05) is 13.6 Å². The van der Waals surface area contributed by atoms with E-state index in [2.05, 4.69) is 44.0 Å². The fourth-order valence-electron chi connectivity index (χ4n) is 2.29. The average Bonchev–Trinajstić information content (AvgIpc) is 2.69. The highest BCUT2D eigenvalue weighted by Gasteiger charge is 2.13. The molecule has 1 aromatic rings. The Morgan fingerprint density at radius 2 is 2.05 bits per heavy atom. The second-order valence-corrected chi connectivity index (χ2v) is 5.62. The predicted molar refractivity (Wildman–Crippen MR) is 81.3 cm³/mol. The monoisotopic (exact) mass is 266 g/mol. The summed E-state index contributed by atoms with van der Waals surface area (Å²) in [5.41, 5.74) is 1.25. The van der Waals surface area contributed by atoms with Gasteiger partial charge in [0.2, 0.25) is 0 Å². The second kappa shape index (κ2) is 8.39. The van der Waals surface area contributed by atoms with Gasteiger partial charge in [-0.05, 0) is 52.4 Å². The van der Waals surface area contributed by atoms with Crippen LogP contribution in [0, 0.1) is 6.92 Å². The van der Waals surface area contributed by atoms with Gasteiger partial charge in [0.25, 0.3) is 0 Å². The summed E-state index contributed by atoms with van der Waals surface area (Å²) in [5.74, 6) is 2.16. The number of hydrogen-bond donors (Lipinski definition) is 1. The summed E-state index contributed by atoms with van der Waals surface area (Å²) in [6.07, 6.45) is 3.86. The van der Waals surface area contributed by atoms with E-state index in [1.807, 2.05) is 7.05 Å². The maximum absolute atomic E-state index is 5.94. The molecule has 3 nitrogen and oxygen atoms in total. The molecule has 1 rings (SSSR count). The largest absolute Gasteiger partial charge is 0.463 e. The van der Waals surface area contributed by atoms with Crippen LogP contribution >= 0.6 is 0 Å². The van der Waals surface area contributed by atoms with E-state index in [-0.39, 0.29) is 0 Å². The van der Waals surface area contributed by atoms with E-state index in [1.165, 1.54) is 24.8 Å². The third-order valence-corrected chi connectivity index (χ3v) is 3.55. The molecule has 0 amide bonds. The van der Waals surface area contributed by atoms with Crippen molar-refractivity contribution in [3.8, 4) is 0 Å². The van der Waals surface area contributed by atoms with Crippen LogP contribution in [0.4, 0.5) is 0 Å². The van der Waals surface area contributed by atoms with Crippen molar-refractivity contribution in [3.05, 3.63) is 23.2 Å². The Labute approximate surface area is 118 Å². The van der Waals surface area contributed by atoms with E-state index in [9.17, 15) is 0 Å². The Bertz CT molecular complexity index is 358. The van der Waals surface area contributed by atoms with Gasteiger partial charge in [0.15, 0.2) is 0 Å². The number of furan rings is 1. The number of rotatable bonds is 9. The van der Waals surface area contributed by atoms with E-state index < -0.39 is 0 Å². The molecule has 0 bridgehead atoms. The number of unbranched alkanes of at least 4 members (excludes halogenated alkanes) is 2. The van der Waals surface area contributed by atoms with Gasteiger partial charge >= 0.3 is 0 Å². The minimum Gasteiger partial charge on any atom is -0.463 e. The van der Waals surface area contributed by atoms with Gasteiger partial charge in [-0.1, -0.05) is 19.8 Å². The summed E-state index contributed by atoms with van der Waals surface area (Å²) < 4.78 is 5.94. The molecule has 0 saturated heterocycles. The van der Waals surface area contributed by atoms with E-state index >= 15 is 0 Å². The lowest BCUT2D eigenvalue weighted by atomic mass is 10.2. The van der Waals surface area contributed by atoms with Crippen LogP contribution in [-0.4, -0.2) is 24.5 Å². The van der Waals surface area contributed by atoms with Crippen LogP contribution in [-0.2, 0) is 13.1 Å². The van der Waals surface area contributed by atoms with Gasteiger partial charge in [-0.2, -0.15) is 0 Å². The first-order valence-electron chi connectivity index (χ1n) is 7.55. The molecular formula is C16H30N2O. The van der Waals surface area contributed by atoms with Crippen molar-refractivity contribution in [3.63, 3.8) is 0 Å². The lowest BCUT2D eigenvalue weighted by Crippen LogP contribution is -2.31. The van der Waals surface area contributed by atoms with Gasteiger partial charge < -0.3 is 9.73 Å². The summed E-state index contributed by atoms with van der Waals surface area (Å²) in [4.78, 5) is 2.50. The molecular weight excluding hydrogens is 236 g/mol. The molecule has 3 heteroatoms. The van der Waals surface area contributed by atoms with Gasteiger partial charge in [0.05, 0.1) is 13.1 Å². The van der Waals surface area contributed by atoms with Crippen molar-refractivity contribution >= 4 is 0 Å². The summed E-state index contributed by atoms with van der Waals surface area (Å²) in [6.45, 7) is 11.8. The third kappa shape index (κ3) is 5.37. The first-order valence-corrected chi connectivity index (χ1v) is 7.55. The molecule has 1 N–H and O–H groups in total. The lowest BCUT2D eigenvalue weighted by Gasteiger charge is -2.25. The van der Waals surface area contributed by atoms with E-state index in [4.69, 9.17) is 4.42 Å². The Morgan fingerprint density at radius 1 is 1.32 bits per heavy atom. The summed E-state index contributed by atoms with van der Waals surface area (Å²) in [6, 6.07) is 2.75. The number of aryl methyl sites for hydroxylation is 1. The lowest BCUT2D eigenvalue weighted by molar-refractivity contribution is 0.191. The highest BCUT2D eigenvalue weighted by molar-refractivity contribution is 5.20. The van der Waals surface area contributed by atoms with Crippen LogP contribution in [0.1, 0.15) is 57.1 Å². The summed E-state index contributed by atoms with van der Waals surface area (Å²) >= 11 is 0. The Kier molecular flexibility index (Phi) is 7.17. The first kappa shape index (κ1) is 16.3. The molecule has 0 radical (unpaired) electrons. The fourth-order valence-corrected chi connectivity index (χ4v) is 2.29. The zero-order valence-electron chi connectivity index (χ0n) is 13.3. The average molecular weight is 266 g/mol. The highest BCUT2D eigenvalue weighted by Crippen LogP contribution is 2.17. The Balaban J connectivity index is 2.60. The Hall–Kier alpha value is -0.800. The zero-order valence-corrected chi connectivity index (χ0v) is 13.3. The highest BCUT2D eigenvalue weighted by atomic mass is 16.3. The molecule has 1 heterocycles. The fraction of sp³-hybridized carbons (Fsp3) is 0.750. The van der Waals surface area contributed by atoms with Crippen LogP contribution in [0.25, 0.3) is 0 Å². The van der Waals surface area contributed by atoms with Gasteiger partial charge in [-0.3, -0.25) is 4.90 Å². The molecule has 110 valence electrons. The standard InChI is InChI=1S/C16H30N2O/c1-6-7-8-9-18(13(2)3)12-15-10-14(4)16(19-15)11-17-5/h10,13,17H,6-9,11-12H2,1-5H3. The van der Waals surface area contributed by atoms with Crippen LogP contribution in [0.5, 0.6) is 0 Å². The molecule has 1 aromatic heterocycles. The van der Waals surface area contributed by atoms with Crippen molar-refractivity contribution in [1.82, 2.24) is 10.2 Å².